The molecule has 19 heavy (non-hydrogen) atoms. The van der Waals surface area contributed by atoms with Crippen LogP contribution in [0.5, 0.6) is 5.88 Å². The summed E-state index contributed by atoms with van der Waals surface area (Å²) >= 11 is 0. The Morgan fingerprint density at radius 3 is 2.47 bits per heavy atom. The van der Waals surface area contributed by atoms with E-state index in [1.165, 1.54) is 25.7 Å². The van der Waals surface area contributed by atoms with Crippen molar-refractivity contribution in [1.29, 1.82) is 0 Å². The van der Waals surface area contributed by atoms with Crippen molar-refractivity contribution in [3.05, 3.63) is 11.4 Å². The van der Waals surface area contributed by atoms with Gasteiger partial charge < -0.3 is 10.5 Å². The molecule has 0 amide bonds. The number of nitrogens with two attached hydrogens (primary N) is 1. The van der Waals surface area contributed by atoms with Gasteiger partial charge in [-0.1, -0.05) is 19.8 Å². The van der Waals surface area contributed by atoms with E-state index in [1.807, 2.05) is 6.92 Å². The van der Waals surface area contributed by atoms with Crippen molar-refractivity contribution >= 4 is 5.82 Å². The average Bonchev–Trinajstić information content (AvgIpc) is 2.64. The van der Waals surface area contributed by atoms with Gasteiger partial charge in [-0.15, -0.1) is 0 Å². The van der Waals surface area contributed by atoms with Crippen LogP contribution in [-0.4, -0.2) is 16.1 Å². The zero-order chi connectivity index (χ0) is 13.7. The number of hydrogen-bond acceptors (Lipinski definition) is 4. The number of hydrogen-bond donors (Lipinski definition) is 1. The molecule has 0 radical (unpaired) electrons. The van der Waals surface area contributed by atoms with E-state index in [-0.39, 0.29) is 0 Å². The molecule has 0 aromatic carbocycles. The fourth-order valence-corrected chi connectivity index (χ4v) is 2.53. The maximum Gasteiger partial charge on any atom is 0.222 e. The van der Waals surface area contributed by atoms with Crippen molar-refractivity contribution in [3.63, 3.8) is 0 Å². The summed E-state index contributed by atoms with van der Waals surface area (Å²) in [4.78, 5) is 8.86. The predicted molar refractivity (Wildman–Crippen MR) is 77.3 cm³/mol. The highest BCUT2D eigenvalue weighted by Crippen LogP contribution is 2.26. The highest BCUT2D eigenvalue weighted by atomic mass is 16.5. The van der Waals surface area contributed by atoms with Gasteiger partial charge in [0.2, 0.25) is 5.88 Å². The number of nitrogen functional groups attached to an aromatic ring is 1. The molecule has 0 saturated heterocycles. The van der Waals surface area contributed by atoms with Crippen molar-refractivity contribution in [2.45, 2.75) is 71.3 Å². The van der Waals surface area contributed by atoms with E-state index < -0.39 is 0 Å². The monoisotopic (exact) mass is 263 g/mol. The smallest absolute Gasteiger partial charge is 0.222 e. The number of aromatic nitrogens is 2. The van der Waals surface area contributed by atoms with E-state index in [2.05, 4.69) is 16.9 Å². The SMILES string of the molecule is CCCc1nc(N)c(C)c(OC2CCCCCC2)n1. The molecule has 1 heterocycles. The van der Waals surface area contributed by atoms with Crippen LogP contribution in [0.4, 0.5) is 5.82 Å². The number of anilines is 1. The van der Waals surface area contributed by atoms with Gasteiger partial charge >= 0.3 is 0 Å². The molecule has 0 atom stereocenters. The maximum absolute atomic E-state index is 6.10. The Morgan fingerprint density at radius 1 is 1.16 bits per heavy atom. The predicted octanol–water partition coefficient (Wildman–Crippen LogP) is 3.42. The molecule has 1 fully saturated rings. The van der Waals surface area contributed by atoms with E-state index >= 15 is 0 Å². The van der Waals surface area contributed by atoms with Crippen LogP contribution in [-0.2, 0) is 6.42 Å². The molecule has 0 spiro atoms. The molecule has 106 valence electrons. The minimum Gasteiger partial charge on any atom is -0.474 e. The van der Waals surface area contributed by atoms with Crippen LogP contribution < -0.4 is 10.5 Å². The molecule has 0 aliphatic heterocycles. The van der Waals surface area contributed by atoms with Gasteiger partial charge in [-0.2, -0.15) is 4.98 Å². The lowest BCUT2D eigenvalue weighted by Crippen LogP contribution is -2.18. The van der Waals surface area contributed by atoms with Gasteiger partial charge in [0.05, 0.1) is 5.56 Å². The summed E-state index contributed by atoms with van der Waals surface area (Å²) in [5.74, 6) is 2.05. The van der Waals surface area contributed by atoms with Crippen LogP contribution in [0.15, 0.2) is 0 Å². The molecule has 1 aromatic heterocycles. The van der Waals surface area contributed by atoms with Crippen LogP contribution >= 0.6 is 0 Å². The molecular formula is C15H25N3O. The topological polar surface area (TPSA) is 61.0 Å². The third-order valence-electron chi connectivity index (χ3n) is 3.74. The molecule has 0 bridgehead atoms. The van der Waals surface area contributed by atoms with Crippen molar-refractivity contribution < 1.29 is 4.74 Å². The Hall–Kier alpha value is -1.32. The number of aryl methyl sites for hydroxylation is 1. The first-order valence-electron chi connectivity index (χ1n) is 7.50. The Labute approximate surface area is 115 Å². The summed E-state index contributed by atoms with van der Waals surface area (Å²) < 4.78 is 6.10. The van der Waals surface area contributed by atoms with Crippen molar-refractivity contribution in [3.8, 4) is 5.88 Å². The Morgan fingerprint density at radius 2 is 1.84 bits per heavy atom. The number of nitrogens with zero attached hydrogens (tertiary/aromatic N) is 2. The fourth-order valence-electron chi connectivity index (χ4n) is 2.53. The summed E-state index contributed by atoms with van der Waals surface area (Å²) in [6, 6.07) is 0. The number of ether oxygens (including phenoxy) is 1. The third kappa shape index (κ3) is 3.82. The van der Waals surface area contributed by atoms with Gasteiger partial charge in [0.15, 0.2) is 0 Å². The lowest BCUT2D eigenvalue weighted by molar-refractivity contribution is 0.174. The normalized spacial score (nSPS) is 17.2. The maximum atomic E-state index is 6.10. The van der Waals surface area contributed by atoms with Crippen molar-refractivity contribution in [1.82, 2.24) is 9.97 Å². The van der Waals surface area contributed by atoms with Gasteiger partial charge in [-0.3, -0.25) is 0 Å². The molecule has 1 aliphatic rings. The summed E-state index contributed by atoms with van der Waals surface area (Å²) in [5, 5.41) is 0. The lowest BCUT2D eigenvalue weighted by Gasteiger charge is -2.18. The highest BCUT2D eigenvalue weighted by Gasteiger charge is 2.17. The van der Waals surface area contributed by atoms with Crippen LogP contribution in [0.2, 0.25) is 0 Å². The minimum atomic E-state index is 0.296. The second kappa shape index (κ2) is 6.73. The third-order valence-corrected chi connectivity index (χ3v) is 3.74. The van der Waals surface area contributed by atoms with Gasteiger partial charge in [0, 0.05) is 6.42 Å². The summed E-state index contributed by atoms with van der Waals surface area (Å²) in [6.07, 6.45) is 9.59. The van der Waals surface area contributed by atoms with Gasteiger partial charge in [0.25, 0.3) is 0 Å². The first kappa shape index (κ1) is 14.1. The number of rotatable bonds is 4. The summed E-state index contributed by atoms with van der Waals surface area (Å²) in [7, 11) is 0. The van der Waals surface area contributed by atoms with Crippen LogP contribution in [0.1, 0.15) is 63.3 Å². The van der Waals surface area contributed by atoms with E-state index in [0.717, 1.165) is 37.1 Å². The lowest BCUT2D eigenvalue weighted by atomic mass is 10.1. The van der Waals surface area contributed by atoms with Crippen molar-refractivity contribution in [2.75, 3.05) is 5.73 Å². The molecule has 2 rings (SSSR count). The molecule has 2 N–H and O–H groups in total. The second-order valence-corrected chi connectivity index (χ2v) is 5.44. The molecule has 0 unspecified atom stereocenters. The minimum absolute atomic E-state index is 0.296. The van der Waals surface area contributed by atoms with E-state index in [4.69, 9.17) is 10.5 Å². The summed E-state index contributed by atoms with van der Waals surface area (Å²) in [5.41, 5.74) is 6.84. The molecule has 1 saturated carbocycles. The van der Waals surface area contributed by atoms with Crippen molar-refractivity contribution in [2.24, 2.45) is 0 Å². The van der Waals surface area contributed by atoms with Gasteiger partial charge in [-0.25, -0.2) is 4.98 Å². The summed E-state index contributed by atoms with van der Waals surface area (Å²) in [6.45, 7) is 4.06. The fraction of sp³-hybridized carbons (Fsp3) is 0.733. The molecule has 4 nitrogen and oxygen atoms in total. The molecule has 4 heteroatoms. The van der Waals surface area contributed by atoms with Crippen LogP contribution in [0.3, 0.4) is 0 Å². The molecule has 1 aliphatic carbocycles. The standard InChI is InChI=1S/C15H25N3O/c1-3-8-13-17-14(16)11(2)15(18-13)19-12-9-6-4-5-7-10-12/h12H,3-10H2,1-2H3,(H2,16,17,18). The Kier molecular flexibility index (Phi) is 5.00. The molecule has 1 aromatic rings. The largest absolute Gasteiger partial charge is 0.474 e. The quantitative estimate of drug-likeness (QED) is 0.845. The first-order chi connectivity index (χ1) is 9.20. The van der Waals surface area contributed by atoms with E-state index in [0.29, 0.717) is 17.8 Å². The molecular weight excluding hydrogens is 238 g/mol. The highest BCUT2D eigenvalue weighted by molar-refractivity contribution is 5.44. The Bertz CT molecular complexity index is 412. The van der Waals surface area contributed by atoms with Crippen LogP contribution in [0.25, 0.3) is 0 Å². The van der Waals surface area contributed by atoms with E-state index in [9.17, 15) is 0 Å². The second-order valence-electron chi connectivity index (χ2n) is 5.44. The Balaban J connectivity index is 2.13. The van der Waals surface area contributed by atoms with Crippen LogP contribution in [0, 0.1) is 6.92 Å². The van der Waals surface area contributed by atoms with Gasteiger partial charge in [-0.05, 0) is 39.0 Å². The van der Waals surface area contributed by atoms with Gasteiger partial charge in [0.1, 0.15) is 17.7 Å². The average molecular weight is 263 g/mol. The van der Waals surface area contributed by atoms with E-state index in [1.54, 1.807) is 0 Å². The first-order valence-corrected chi connectivity index (χ1v) is 7.50. The zero-order valence-electron chi connectivity index (χ0n) is 12.1. The zero-order valence-corrected chi connectivity index (χ0v) is 12.1.